The maximum atomic E-state index is 12.5. The minimum atomic E-state index is -0.0439. The molecule has 1 fully saturated rings. The highest BCUT2D eigenvalue weighted by molar-refractivity contribution is 5.80. The van der Waals surface area contributed by atoms with Gasteiger partial charge < -0.3 is 9.64 Å². The number of hydrogen-bond donors (Lipinski definition) is 0. The number of methoxy groups -OCH3 is 1. The number of rotatable bonds is 5. The van der Waals surface area contributed by atoms with Gasteiger partial charge in [-0.3, -0.25) is 4.79 Å². The van der Waals surface area contributed by atoms with Gasteiger partial charge in [0.2, 0.25) is 5.91 Å². The van der Waals surface area contributed by atoms with Crippen LogP contribution >= 0.6 is 0 Å². The maximum Gasteiger partial charge on any atom is 0.223 e. The standard InChI is InChI=1S/C19H21NO2/c1-22-14-17-12-13-18(21)20(17)19(15-8-4-2-5-9-15)16-10-6-3-7-11-16/h2-11,17,19H,12-14H2,1H3. The summed E-state index contributed by atoms with van der Waals surface area (Å²) in [5.74, 6) is 0.208. The predicted octanol–water partition coefficient (Wildman–Crippen LogP) is 3.41. The van der Waals surface area contributed by atoms with Crippen LogP contribution in [0.5, 0.6) is 0 Å². The van der Waals surface area contributed by atoms with Crippen molar-refractivity contribution in [3.63, 3.8) is 0 Å². The fourth-order valence-electron chi connectivity index (χ4n) is 3.26. The van der Waals surface area contributed by atoms with Crippen LogP contribution in [0.15, 0.2) is 60.7 Å². The van der Waals surface area contributed by atoms with E-state index in [0.717, 1.165) is 17.5 Å². The Hall–Kier alpha value is -2.13. The monoisotopic (exact) mass is 295 g/mol. The Labute approximate surface area is 131 Å². The molecule has 3 heteroatoms. The van der Waals surface area contributed by atoms with Crippen molar-refractivity contribution in [2.45, 2.75) is 24.9 Å². The van der Waals surface area contributed by atoms with Gasteiger partial charge in [-0.15, -0.1) is 0 Å². The molecule has 3 rings (SSSR count). The SMILES string of the molecule is COCC1CCC(=O)N1C(c1ccccc1)c1ccccc1. The van der Waals surface area contributed by atoms with Crippen molar-refractivity contribution in [1.29, 1.82) is 0 Å². The molecule has 0 spiro atoms. The molecule has 22 heavy (non-hydrogen) atoms. The molecule has 0 N–H and O–H groups in total. The van der Waals surface area contributed by atoms with E-state index in [9.17, 15) is 4.79 Å². The third-order valence-electron chi connectivity index (χ3n) is 4.24. The van der Waals surface area contributed by atoms with Crippen LogP contribution in [0.25, 0.3) is 0 Å². The van der Waals surface area contributed by atoms with Gasteiger partial charge in [-0.2, -0.15) is 0 Å². The molecule has 1 saturated heterocycles. The topological polar surface area (TPSA) is 29.5 Å². The number of benzene rings is 2. The molecule has 1 aliphatic heterocycles. The molecule has 0 saturated carbocycles. The van der Waals surface area contributed by atoms with Gasteiger partial charge in [0.1, 0.15) is 0 Å². The largest absolute Gasteiger partial charge is 0.383 e. The van der Waals surface area contributed by atoms with Crippen molar-refractivity contribution in [2.75, 3.05) is 13.7 Å². The van der Waals surface area contributed by atoms with Crippen molar-refractivity contribution >= 4 is 5.91 Å². The van der Waals surface area contributed by atoms with Crippen LogP contribution in [0.2, 0.25) is 0 Å². The molecular weight excluding hydrogens is 274 g/mol. The molecule has 2 aromatic carbocycles. The van der Waals surface area contributed by atoms with Gasteiger partial charge in [0.25, 0.3) is 0 Å². The average Bonchev–Trinajstić information content (AvgIpc) is 2.92. The van der Waals surface area contributed by atoms with Crippen molar-refractivity contribution in [3.05, 3.63) is 71.8 Å². The Balaban J connectivity index is 2.03. The van der Waals surface area contributed by atoms with E-state index in [0.29, 0.717) is 13.0 Å². The van der Waals surface area contributed by atoms with Gasteiger partial charge in [0.15, 0.2) is 0 Å². The number of ether oxygens (including phenoxy) is 1. The minimum Gasteiger partial charge on any atom is -0.383 e. The normalized spacial score (nSPS) is 18.2. The summed E-state index contributed by atoms with van der Waals surface area (Å²) in [6, 6.07) is 20.6. The first kappa shape index (κ1) is 14.8. The van der Waals surface area contributed by atoms with E-state index in [2.05, 4.69) is 24.3 Å². The number of hydrogen-bond acceptors (Lipinski definition) is 2. The summed E-state index contributed by atoms with van der Waals surface area (Å²) in [7, 11) is 1.70. The zero-order valence-electron chi connectivity index (χ0n) is 12.8. The van der Waals surface area contributed by atoms with Crippen molar-refractivity contribution in [3.8, 4) is 0 Å². The van der Waals surface area contributed by atoms with E-state index in [4.69, 9.17) is 4.74 Å². The van der Waals surface area contributed by atoms with E-state index in [1.54, 1.807) is 7.11 Å². The zero-order chi connectivity index (χ0) is 15.4. The molecule has 3 nitrogen and oxygen atoms in total. The number of nitrogens with zero attached hydrogens (tertiary/aromatic N) is 1. The van der Waals surface area contributed by atoms with Gasteiger partial charge in [-0.1, -0.05) is 60.7 Å². The lowest BCUT2D eigenvalue weighted by Gasteiger charge is -2.34. The lowest BCUT2D eigenvalue weighted by Crippen LogP contribution is -2.39. The summed E-state index contributed by atoms with van der Waals surface area (Å²) in [5.41, 5.74) is 2.29. The number of carbonyl (C=O) groups is 1. The summed E-state index contributed by atoms with van der Waals surface area (Å²) in [6.45, 7) is 0.585. The maximum absolute atomic E-state index is 12.5. The highest BCUT2D eigenvalue weighted by atomic mass is 16.5. The Morgan fingerprint density at radius 1 is 1.05 bits per heavy atom. The first-order chi connectivity index (χ1) is 10.8. The van der Waals surface area contributed by atoms with Crippen LogP contribution in [0.3, 0.4) is 0 Å². The molecule has 0 bridgehead atoms. The summed E-state index contributed by atoms with van der Waals surface area (Å²) in [6.07, 6.45) is 1.47. The van der Waals surface area contributed by atoms with E-state index in [1.165, 1.54) is 0 Å². The Morgan fingerprint density at radius 3 is 2.09 bits per heavy atom. The first-order valence-corrected chi connectivity index (χ1v) is 7.71. The van der Waals surface area contributed by atoms with Crippen LogP contribution < -0.4 is 0 Å². The van der Waals surface area contributed by atoms with E-state index < -0.39 is 0 Å². The fourth-order valence-corrected chi connectivity index (χ4v) is 3.26. The van der Waals surface area contributed by atoms with Gasteiger partial charge in [-0.25, -0.2) is 0 Å². The van der Waals surface area contributed by atoms with E-state index in [1.807, 2.05) is 41.3 Å². The molecule has 1 atom stereocenters. The molecule has 1 unspecified atom stereocenters. The summed E-state index contributed by atoms with van der Waals surface area (Å²) in [5, 5.41) is 0. The second kappa shape index (κ2) is 6.75. The molecule has 1 aliphatic rings. The van der Waals surface area contributed by atoms with Crippen molar-refractivity contribution < 1.29 is 9.53 Å². The molecule has 1 heterocycles. The quantitative estimate of drug-likeness (QED) is 0.846. The smallest absolute Gasteiger partial charge is 0.223 e. The second-order valence-electron chi connectivity index (χ2n) is 5.67. The van der Waals surface area contributed by atoms with E-state index in [-0.39, 0.29) is 18.0 Å². The van der Waals surface area contributed by atoms with Gasteiger partial charge in [0, 0.05) is 13.5 Å². The van der Waals surface area contributed by atoms with Gasteiger partial charge in [-0.05, 0) is 17.5 Å². The third kappa shape index (κ3) is 2.90. The zero-order valence-corrected chi connectivity index (χ0v) is 12.8. The molecule has 114 valence electrons. The highest BCUT2D eigenvalue weighted by Crippen LogP contribution is 2.35. The van der Waals surface area contributed by atoms with Crippen molar-refractivity contribution in [1.82, 2.24) is 4.90 Å². The van der Waals surface area contributed by atoms with Crippen LogP contribution in [0.1, 0.15) is 30.0 Å². The lowest BCUT2D eigenvalue weighted by atomic mass is 9.96. The van der Waals surface area contributed by atoms with Gasteiger partial charge in [0.05, 0.1) is 18.7 Å². The van der Waals surface area contributed by atoms with E-state index >= 15 is 0 Å². The Bertz CT molecular complexity index is 572. The lowest BCUT2D eigenvalue weighted by molar-refractivity contribution is -0.131. The van der Waals surface area contributed by atoms with Crippen LogP contribution in [-0.2, 0) is 9.53 Å². The summed E-state index contributed by atoms with van der Waals surface area (Å²) in [4.78, 5) is 14.5. The number of carbonyl (C=O) groups excluding carboxylic acids is 1. The predicted molar refractivity (Wildman–Crippen MR) is 86.5 cm³/mol. The Kier molecular flexibility index (Phi) is 4.54. The number of likely N-dealkylation sites (tertiary alicyclic amines) is 1. The van der Waals surface area contributed by atoms with Crippen LogP contribution in [-0.4, -0.2) is 30.6 Å². The summed E-state index contributed by atoms with van der Waals surface area (Å²) < 4.78 is 5.33. The van der Waals surface area contributed by atoms with Gasteiger partial charge >= 0.3 is 0 Å². The first-order valence-electron chi connectivity index (χ1n) is 7.71. The highest BCUT2D eigenvalue weighted by Gasteiger charge is 2.37. The third-order valence-corrected chi connectivity index (χ3v) is 4.24. The molecule has 1 amide bonds. The number of amides is 1. The summed E-state index contributed by atoms with van der Waals surface area (Å²) >= 11 is 0. The minimum absolute atomic E-state index is 0.0439. The second-order valence-corrected chi connectivity index (χ2v) is 5.67. The van der Waals surface area contributed by atoms with Crippen LogP contribution in [0, 0.1) is 0 Å². The molecule has 0 aliphatic carbocycles. The average molecular weight is 295 g/mol. The Morgan fingerprint density at radius 2 is 1.59 bits per heavy atom. The molecule has 2 aromatic rings. The molecular formula is C19H21NO2. The van der Waals surface area contributed by atoms with Crippen LogP contribution in [0.4, 0.5) is 0 Å². The van der Waals surface area contributed by atoms with Crippen molar-refractivity contribution in [2.24, 2.45) is 0 Å². The fraction of sp³-hybridized carbons (Fsp3) is 0.316. The molecule has 0 aromatic heterocycles. The molecule has 0 radical (unpaired) electrons.